The van der Waals surface area contributed by atoms with Crippen LogP contribution in [0.2, 0.25) is 0 Å². The van der Waals surface area contributed by atoms with Gasteiger partial charge in [0.2, 0.25) is 0 Å². The first-order valence-electron chi connectivity index (χ1n) is 10.4. The molecule has 3 rings (SSSR count). The summed E-state index contributed by atoms with van der Waals surface area (Å²) in [5.41, 5.74) is 4.25. The molecule has 1 aliphatic heterocycles. The van der Waals surface area contributed by atoms with Gasteiger partial charge in [-0.1, -0.05) is 49.7 Å². The summed E-state index contributed by atoms with van der Waals surface area (Å²) in [4.78, 5) is 0. The second-order valence-electron chi connectivity index (χ2n) is 9.54. The molecule has 0 amide bonds. The Morgan fingerprint density at radius 2 is 1.59 bits per heavy atom. The summed E-state index contributed by atoms with van der Waals surface area (Å²) in [5.74, 6) is 0.277. The van der Waals surface area contributed by atoms with E-state index < -0.39 is 0 Å². The number of rotatable bonds is 5. The molecule has 1 saturated heterocycles. The van der Waals surface area contributed by atoms with Crippen molar-refractivity contribution in [1.82, 2.24) is 5.32 Å². The van der Waals surface area contributed by atoms with Gasteiger partial charge in [0.1, 0.15) is 5.82 Å². The SMILES string of the molecule is CCCCc1ccc(-c2ccc(C3CC(C)(C)NC(C)(C)C3)cc2F)cc1. The molecule has 2 aromatic rings. The first-order valence-corrected chi connectivity index (χ1v) is 10.4. The van der Waals surface area contributed by atoms with Gasteiger partial charge in [-0.25, -0.2) is 4.39 Å². The third kappa shape index (κ3) is 4.99. The monoisotopic (exact) mass is 367 g/mol. The van der Waals surface area contributed by atoms with E-state index in [1.54, 1.807) is 6.07 Å². The Kier molecular flexibility index (Phi) is 5.76. The zero-order valence-electron chi connectivity index (χ0n) is 17.5. The van der Waals surface area contributed by atoms with Gasteiger partial charge in [0.05, 0.1) is 0 Å². The maximum Gasteiger partial charge on any atom is 0.131 e. The Bertz CT molecular complexity index is 757. The molecule has 1 fully saturated rings. The summed E-state index contributed by atoms with van der Waals surface area (Å²) in [6.07, 6.45) is 5.55. The zero-order valence-corrected chi connectivity index (χ0v) is 17.5. The molecule has 2 aromatic carbocycles. The van der Waals surface area contributed by atoms with E-state index in [0.717, 1.165) is 30.4 Å². The fraction of sp³-hybridized carbons (Fsp3) is 0.520. The van der Waals surface area contributed by atoms with E-state index in [-0.39, 0.29) is 16.9 Å². The molecular formula is C25H34FN. The molecule has 0 aromatic heterocycles. The number of halogens is 1. The number of aryl methyl sites for hydroxylation is 1. The minimum absolute atomic E-state index is 0.0654. The molecule has 27 heavy (non-hydrogen) atoms. The average molecular weight is 368 g/mol. The van der Waals surface area contributed by atoms with Crippen molar-refractivity contribution in [2.75, 3.05) is 0 Å². The summed E-state index contributed by atoms with van der Waals surface area (Å²) in [6.45, 7) is 11.2. The highest BCUT2D eigenvalue weighted by Crippen LogP contribution is 2.40. The molecule has 0 bridgehead atoms. The summed E-state index contributed by atoms with van der Waals surface area (Å²) in [6, 6.07) is 14.2. The van der Waals surface area contributed by atoms with Crippen LogP contribution in [-0.2, 0) is 6.42 Å². The van der Waals surface area contributed by atoms with Gasteiger partial charge in [0.25, 0.3) is 0 Å². The Labute approximate surface area is 164 Å². The minimum atomic E-state index is -0.108. The van der Waals surface area contributed by atoms with Crippen LogP contribution in [-0.4, -0.2) is 11.1 Å². The van der Waals surface area contributed by atoms with Gasteiger partial charge in [0.15, 0.2) is 0 Å². The van der Waals surface area contributed by atoms with E-state index in [1.807, 2.05) is 6.07 Å². The van der Waals surface area contributed by atoms with Gasteiger partial charge in [-0.3, -0.25) is 0 Å². The molecule has 1 heterocycles. The smallest absolute Gasteiger partial charge is 0.131 e. The second kappa shape index (κ2) is 7.75. The molecule has 0 aliphatic carbocycles. The van der Waals surface area contributed by atoms with E-state index >= 15 is 0 Å². The third-order valence-corrected chi connectivity index (χ3v) is 5.74. The average Bonchev–Trinajstić information content (AvgIpc) is 2.58. The fourth-order valence-corrected chi connectivity index (χ4v) is 4.81. The molecule has 0 spiro atoms. The van der Waals surface area contributed by atoms with E-state index in [0.29, 0.717) is 11.5 Å². The van der Waals surface area contributed by atoms with Crippen molar-refractivity contribution >= 4 is 0 Å². The highest BCUT2D eigenvalue weighted by atomic mass is 19.1. The topological polar surface area (TPSA) is 12.0 Å². The number of piperidine rings is 1. The van der Waals surface area contributed by atoms with E-state index in [1.165, 1.54) is 18.4 Å². The standard InChI is InChI=1S/C25H34FN/c1-6-7-8-18-9-11-19(12-10-18)22-14-13-20(15-23(22)26)21-16-24(2,3)27-25(4,5)17-21/h9-15,21,27H,6-8,16-17H2,1-5H3. The van der Waals surface area contributed by atoms with Gasteiger partial charge >= 0.3 is 0 Å². The Morgan fingerprint density at radius 1 is 0.963 bits per heavy atom. The quantitative estimate of drug-likeness (QED) is 0.608. The lowest BCUT2D eigenvalue weighted by atomic mass is 9.73. The van der Waals surface area contributed by atoms with Crippen molar-refractivity contribution < 1.29 is 4.39 Å². The summed E-state index contributed by atoms with van der Waals surface area (Å²) < 4.78 is 15.0. The number of benzene rings is 2. The highest BCUT2D eigenvalue weighted by Gasteiger charge is 2.38. The first-order chi connectivity index (χ1) is 12.7. The summed E-state index contributed by atoms with van der Waals surface area (Å²) in [5, 5.41) is 3.71. The summed E-state index contributed by atoms with van der Waals surface area (Å²) >= 11 is 0. The Hall–Kier alpha value is -1.67. The molecule has 146 valence electrons. The molecule has 0 saturated carbocycles. The van der Waals surface area contributed by atoms with Gasteiger partial charge in [-0.15, -0.1) is 0 Å². The van der Waals surface area contributed by atoms with Crippen LogP contribution in [0.5, 0.6) is 0 Å². The largest absolute Gasteiger partial charge is 0.307 e. The number of nitrogens with one attached hydrogen (secondary N) is 1. The van der Waals surface area contributed by atoms with Crippen molar-refractivity contribution in [3.8, 4) is 11.1 Å². The normalized spacial score (nSPS) is 19.2. The van der Waals surface area contributed by atoms with E-state index in [4.69, 9.17) is 0 Å². The molecule has 0 radical (unpaired) electrons. The molecule has 1 N–H and O–H groups in total. The predicted octanol–water partition coefficient (Wildman–Crippen LogP) is 6.86. The lowest BCUT2D eigenvalue weighted by Gasteiger charge is -2.46. The van der Waals surface area contributed by atoms with Crippen LogP contribution < -0.4 is 5.32 Å². The van der Waals surface area contributed by atoms with Crippen LogP contribution >= 0.6 is 0 Å². The van der Waals surface area contributed by atoms with E-state index in [9.17, 15) is 4.39 Å². The molecule has 1 nitrogen and oxygen atoms in total. The van der Waals surface area contributed by atoms with Crippen LogP contribution in [0.15, 0.2) is 42.5 Å². The predicted molar refractivity (Wildman–Crippen MR) is 114 cm³/mol. The molecule has 2 heteroatoms. The van der Waals surface area contributed by atoms with Crippen molar-refractivity contribution in [2.45, 2.75) is 83.7 Å². The lowest BCUT2D eigenvalue weighted by Crippen LogP contribution is -2.57. The lowest BCUT2D eigenvalue weighted by molar-refractivity contribution is 0.161. The van der Waals surface area contributed by atoms with Crippen molar-refractivity contribution in [1.29, 1.82) is 0 Å². The number of unbranched alkanes of at least 4 members (excludes halogenated alkanes) is 1. The van der Waals surface area contributed by atoms with Gasteiger partial charge in [-0.2, -0.15) is 0 Å². The molecule has 0 unspecified atom stereocenters. The van der Waals surface area contributed by atoms with Gasteiger partial charge in [-0.05, 0) is 82.1 Å². The number of hydrogen-bond donors (Lipinski definition) is 1. The summed E-state index contributed by atoms with van der Waals surface area (Å²) in [7, 11) is 0. The van der Waals surface area contributed by atoms with Crippen LogP contribution in [0.3, 0.4) is 0 Å². The van der Waals surface area contributed by atoms with Crippen LogP contribution in [0.4, 0.5) is 4.39 Å². The van der Waals surface area contributed by atoms with Crippen LogP contribution in [0.1, 0.15) is 77.3 Å². The van der Waals surface area contributed by atoms with E-state index in [2.05, 4.69) is 70.3 Å². The highest BCUT2D eigenvalue weighted by molar-refractivity contribution is 5.65. The first kappa shape index (κ1) is 20.1. The zero-order chi connectivity index (χ0) is 19.7. The third-order valence-electron chi connectivity index (χ3n) is 5.74. The molecule has 1 aliphatic rings. The number of hydrogen-bond acceptors (Lipinski definition) is 1. The van der Waals surface area contributed by atoms with Gasteiger partial charge in [0, 0.05) is 16.6 Å². The van der Waals surface area contributed by atoms with Crippen LogP contribution in [0, 0.1) is 5.82 Å². The van der Waals surface area contributed by atoms with Crippen LogP contribution in [0.25, 0.3) is 11.1 Å². The fourth-order valence-electron chi connectivity index (χ4n) is 4.81. The molecular weight excluding hydrogens is 333 g/mol. The van der Waals surface area contributed by atoms with Gasteiger partial charge < -0.3 is 5.32 Å². The second-order valence-corrected chi connectivity index (χ2v) is 9.54. The Morgan fingerprint density at radius 3 is 2.15 bits per heavy atom. The Balaban J connectivity index is 1.81. The minimum Gasteiger partial charge on any atom is -0.307 e. The molecule has 0 atom stereocenters. The maximum absolute atomic E-state index is 15.0. The van der Waals surface area contributed by atoms with Crippen molar-refractivity contribution in [2.24, 2.45) is 0 Å². The van der Waals surface area contributed by atoms with Crippen molar-refractivity contribution in [3.05, 3.63) is 59.4 Å². The maximum atomic E-state index is 15.0. The van der Waals surface area contributed by atoms with Crippen molar-refractivity contribution in [3.63, 3.8) is 0 Å².